The summed E-state index contributed by atoms with van der Waals surface area (Å²) in [5.74, 6) is 0. The van der Waals surface area contributed by atoms with Gasteiger partial charge in [0, 0.05) is 38.4 Å². The Morgan fingerprint density at radius 3 is 1.73 bits per heavy atom. The van der Waals surface area contributed by atoms with Crippen LogP contribution in [-0.2, 0) is 0 Å². The summed E-state index contributed by atoms with van der Waals surface area (Å²) in [6, 6.07) is 48.7. The smallest absolute Gasteiger partial charge is 0.0620 e. The molecule has 8 rings (SSSR count). The van der Waals surface area contributed by atoms with Crippen LogP contribution in [0, 0.1) is 13.8 Å². The number of nitrogens with zero attached hydrogens (tertiary/aromatic N) is 2. The third-order valence-corrected chi connectivity index (χ3v) is 8.22. The number of fused-ring (bicyclic) bond motifs is 6. The molecule has 2 heteroatoms. The second-order valence-corrected chi connectivity index (χ2v) is 10.8. The molecule has 0 atom stereocenters. The standard InChI is InChI=1S/C38H28N2/c1-25-19-21-30-31-22-20-26(2)24-37(31)40(36(30)23-25)35-18-9-7-14-29(35)33-16-10-15-32-28-13-6-8-17-34(28)39(38(32)33)27-11-4-3-5-12-27/h3-24H,1-2H3. The van der Waals surface area contributed by atoms with E-state index in [0.29, 0.717) is 0 Å². The lowest BCUT2D eigenvalue weighted by Crippen LogP contribution is -1.99. The van der Waals surface area contributed by atoms with Crippen molar-refractivity contribution in [2.24, 2.45) is 0 Å². The van der Waals surface area contributed by atoms with E-state index in [1.807, 2.05) is 0 Å². The Morgan fingerprint density at radius 2 is 0.975 bits per heavy atom. The first-order valence-electron chi connectivity index (χ1n) is 13.9. The largest absolute Gasteiger partial charge is 0.309 e. The first-order valence-corrected chi connectivity index (χ1v) is 13.9. The van der Waals surface area contributed by atoms with Crippen molar-refractivity contribution in [1.29, 1.82) is 0 Å². The molecule has 190 valence electrons. The molecule has 6 aromatic carbocycles. The quantitative estimate of drug-likeness (QED) is 0.223. The van der Waals surface area contributed by atoms with Crippen molar-refractivity contribution in [2.45, 2.75) is 13.8 Å². The second-order valence-electron chi connectivity index (χ2n) is 10.8. The fraction of sp³-hybridized carbons (Fsp3) is 0.0526. The van der Waals surface area contributed by atoms with Crippen molar-refractivity contribution in [3.63, 3.8) is 0 Å². The Labute approximate surface area is 233 Å². The highest BCUT2D eigenvalue weighted by Gasteiger charge is 2.20. The maximum absolute atomic E-state index is 2.47. The van der Waals surface area contributed by atoms with Crippen LogP contribution in [0.1, 0.15) is 11.1 Å². The molecule has 0 saturated carbocycles. The van der Waals surface area contributed by atoms with E-state index in [2.05, 4.69) is 156 Å². The first-order chi connectivity index (χ1) is 19.7. The molecule has 0 N–H and O–H groups in total. The zero-order valence-corrected chi connectivity index (χ0v) is 22.6. The van der Waals surface area contributed by atoms with Crippen LogP contribution in [0.15, 0.2) is 133 Å². The van der Waals surface area contributed by atoms with Crippen LogP contribution < -0.4 is 0 Å². The third kappa shape index (κ3) is 3.29. The summed E-state index contributed by atoms with van der Waals surface area (Å²) < 4.78 is 4.89. The summed E-state index contributed by atoms with van der Waals surface area (Å²) in [5.41, 5.74) is 12.3. The number of aromatic nitrogens is 2. The highest BCUT2D eigenvalue weighted by atomic mass is 15.0. The Morgan fingerprint density at radius 1 is 0.400 bits per heavy atom. The summed E-state index contributed by atoms with van der Waals surface area (Å²) in [6.45, 7) is 4.36. The second kappa shape index (κ2) is 8.72. The molecule has 0 saturated heterocycles. The van der Waals surface area contributed by atoms with Crippen LogP contribution in [0.25, 0.3) is 66.1 Å². The van der Waals surface area contributed by atoms with Gasteiger partial charge in [0.25, 0.3) is 0 Å². The van der Waals surface area contributed by atoms with E-state index in [9.17, 15) is 0 Å². The molecule has 0 bridgehead atoms. The molecule has 2 aromatic heterocycles. The van der Waals surface area contributed by atoms with Gasteiger partial charge >= 0.3 is 0 Å². The minimum Gasteiger partial charge on any atom is -0.309 e. The van der Waals surface area contributed by atoms with Crippen LogP contribution in [0.4, 0.5) is 0 Å². The van der Waals surface area contributed by atoms with Crippen molar-refractivity contribution in [1.82, 2.24) is 9.13 Å². The van der Waals surface area contributed by atoms with E-state index in [1.54, 1.807) is 0 Å². The van der Waals surface area contributed by atoms with Gasteiger partial charge in [0.1, 0.15) is 0 Å². The highest BCUT2D eigenvalue weighted by molar-refractivity contribution is 6.15. The van der Waals surface area contributed by atoms with Crippen molar-refractivity contribution in [2.75, 3.05) is 0 Å². The molecule has 2 heterocycles. The summed E-state index contributed by atoms with van der Waals surface area (Å²) in [4.78, 5) is 0. The molecule has 0 aliphatic carbocycles. The molecule has 8 aromatic rings. The normalized spacial score (nSPS) is 11.8. The van der Waals surface area contributed by atoms with Crippen LogP contribution in [-0.4, -0.2) is 9.13 Å². The van der Waals surface area contributed by atoms with Gasteiger partial charge in [-0.15, -0.1) is 0 Å². The number of hydrogen-bond donors (Lipinski definition) is 0. The molecular weight excluding hydrogens is 484 g/mol. The van der Waals surface area contributed by atoms with Gasteiger partial charge in [-0.2, -0.15) is 0 Å². The Hall–Kier alpha value is -5.08. The molecule has 0 fully saturated rings. The van der Waals surface area contributed by atoms with E-state index >= 15 is 0 Å². The van der Waals surface area contributed by atoms with Gasteiger partial charge in [-0.3, -0.25) is 0 Å². The van der Waals surface area contributed by atoms with Gasteiger partial charge in [0.05, 0.1) is 27.8 Å². The molecule has 2 nitrogen and oxygen atoms in total. The van der Waals surface area contributed by atoms with Crippen LogP contribution in [0.3, 0.4) is 0 Å². The molecule has 40 heavy (non-hydrogen) atoms. The SMILES string of the molecule is Cc1ccc2c3ccc(C)cc3n(-c3ccccc3-c3cccc4c5ccccc5n(-c5ccccc5)c34)c2c1. The van der Waals surface area contributed by atoms with Crippen molar-refractivity contribution in [3.8, 4) is 22.5 Å². The van der Waals surface area contributed by atoms with Gasteiger partial charge in [0.15, 0.2) is 0 Å². The van der Waals surface area contributed by atoms with Crippen molar-refractivity contribution >= 4 is 43.6 Å². The van der Waals surface area contributed by atoms with E-state index in [4.69, 9.17) is 0 Å². The van der Waals surface area contributed by atoms with Gasteiger partial charge in [-0.25, -0.2) is 0 Å². The molecule has 0 spiro atoms. The highest BCUT2D eigenvalue weighted by Crippen LogP contribution is 2.42. The lowest BCUT2D eigenvalue weighted by atomic mass is 9.99. The van der Waals surface area contributed by atoms with Crippen LogP contribution in [0.2, 0.25) is 0 Å². The molecule has 0 radical (unpaired) electrons. The summed E-state index contributed by atoms with van der Waals surface area (Å²) >= 11 is 0. The van der Waals surface area contributed by atoms with Gasteiger partial charge in [0.2, 0.25) is 0 Å². The molecule has 0 aliphatic heterocycles. The number of para-hydroxylation sites is 4. The molecule has 0 amide bonds. The van der Waals surface area contributed by atoms with Crippen molar-refractivity contribution < 1.29 is 0 Å². The average Bonchev–Trinajstić information content (AvgIpc) is 3.49. The Balaban J connectivity index is 1.52. The van der Waals surface area contributed by atoms with Crippen LogP contribution in [0.5, 0.6) is 0 Å². The van der Waals surface area contributed by atoms with Crippen molar-refractivity contribution in [3.05, 3.63) is 145 Å². The summed E-state index contributed by atoms with van der Waals surface area (Å²) in [6.07, 6.45) is 0. The molecule has 0 unspecified atom stereocenters. The van der Waals surface area contributed by atoms with E-state index in [0.717, 1.165) is 0 Å². The fourth-order valence-electron chi connectivity index (χ4n) is 6.48. The minimum absolute atomic E-state index is 1.17. The Bertz CT molecular complexity index is 2170. The number of hydrogen-bond acceptors (Lipinski definition) is 0. The minimum atomic E-state index is 1.17. The lowest BCUT2D eigenvalue weighted by Gasteiger charge is -2.17. The first kappa shape index (κ1) is 22.9. The number of benzene rings is 6. The van der Waals surface area contributed by atoms with E-state index in [1.165, 1.54) is 77.2 Å². The predicted molar refractivity (Wildman–Crippen MR) is 170 cm³/mol. The fourth-order valence-corrected chi connectivity index (χ4v) is 6.48. The summed E-state index contributed by atoms with van der Waals surface area (Å²) in [7, 11) is 0. The zero-order chi connectivity index (χ0) is 26.8. The molecule has 0 aliphatic rings. The lowest BCUT2D eigenvalue weighted by molar-refractivity contribution is 1.16. The maximum atomic E-state index is 2.47. The third-order valence-electron chi connectivity index (χ3n) is 8.22. The molecular formula is C38H28N2. The summed E-state index contributed by atoms with van der Waals surface area (Å²) in [5, 5.41) is 5.10. The van der Waals surface area contributed by atoms with Gasteiger partial charge < -0.3 is 9.13 Å². The number of aryl methyl sites for hydroxylation is 2. The maximum Gasteiger partial charge on any atom is 0.0620 e. The zero-order valence-electron chi connectivity index (χ0n) is 22.6. The number of rotatable bonds is 3. The monoisotopic (exact) mass is 512 g/mol. The van der Waals surface area contributed by atoms with Gasteiger partial charge in [-0.1, -0.05) is 97.1 Å². The van der Waals surface area contributed by atoms with Crippen LogP contribution >= 0.6 is 0 Å². The average molecular weight is 513 g/mol. The topological polar surface area (TPSA) is 9.86 Å². The van der Waals surface area contributed by atoms with E-state index in [-0.39, 0.29) is 0 Å². The predicted octanol–water partition coefficient (Wildman–Crippen LogP) is 10.2. The Kier molecular flexibility index (Phi) is 4.99. The van der Waals surface area contributed by atoms with E-state index < -0.39 is 0 Å². The van der Waals surface area contributed by atoms with Gasteiger partial charge in [-0.05, 0) is 61.4 Å².